The Morgan fingerprint density at radius 2 is 2.22 bits per heavy atom. The molecule has 1 heterocycles. The van der Waals surface area contributed by atoms with Gasteiger partial charge in [-0.1, -0.05) is 12.1 Å². The van der Waals surface area contributed by atoms with Gasteiger partial charge in [0.2, 0.25) is 0 Å². The zero-order valence-corrected chi connectivity index (χ0v) is 11.1. The average molecular weight is 245 g/mol. The van der Waals surface area contributed by atoms with Gasteiger partial charge in [-0.05, 0) is 25.5 Å². The maximum absolute atomic E-state index is 5.95. The van der Waals surface area contributed by atoms with Crippen molar-refractivity contribution in [2.75, 3.05) is 0 Å². The lowest BCUT2D eigenvalue weighted by Crippen LogP contribution is -2.09. The first-order valence-corrected chi connectivity index (χ1v) is 6.02. The van der Waals surface area contributed by atoms with Crippen LogP contribution in [0.4, 0.5) is 0 Å². The standard InChI is InChI=1S/C14H19N3O/c1-10-4-5-13(11(2)15)14(6-10)18-8-12-7-16-9-17(12)3/h4-7,9,11H,8,15H2,1-3H3/t11-/m0/s1. The summed E-state index contributed by atoms with van der Waals surface area (Å²) in [6, 6.07) is 6.07. The van der Waals surface area contributed by atoms with Crippen LogP contribution in [0.5, 0.6) is 5.75 Å². The Hall–Kier alpha value is -1.81. The molecule has 0 bridgehead atoms. The Morgan fingerprint density at radius 3 is 2.83 bits per heavy atom. The first kappa shape index (κ1) is 12.6. The van der Waals surface area contributed by atoms with Gasteiger partial charge in [0.05, 0.1) is 18.2 Å². The summed E-state index contributed by atoms with van der Waals surface area (Å²) in [6.07, 6.45) is 3.57. The molecule has 1 aromatic heterocycles. The van der Waals surface area contributed by atoms with Gasteiger partial charge in [-0.2, -0.15) is 0 Å². The van der Waals surface area contributed by atoms with E-state index in [1.54, 1.807) is 12.5 Å². The molecule has 2 aromatic rings. The fourth-order valence-corrected chi connectivity index (χ4v) is 1.82. The monoisotopic (exact) mass is 245 g/mol. The Kier molecular flexibility index (Phi) is 3.67. The molecule has 96 valence electrons. The van der Waals surface area contributed by atoms with E-state index in [0.29, 0.717) is 6.61 Å². The summed E-state index contributed by atoms with van der Waals surface area (Å²) in [5.41, 5.74) is 9.18. The fraction of sp³-hybridized carbons (Fsp3) is 0.357. The highest BCUT2D eigenvalue weighted by molar-refractivity contribution is 5.39. The van der Waals surface area contributed by atoms with E-state index in [0.717, 1.165) is 17.0 Å². The van der Waals surface area contributed by atoms with Gasteiger partial charge in [0.15, 0.2) is 0 Å². The fourth-order valence-electron chi connectivity index (χ4n) is 1.82. The van der Waals surface area contributed by atoms with Crippen LogP contribution in [-0.2, 0) is 13.7 Å². The zero-order chi connectivity index (χ0) is 13.1. The summed E-state index contributed by atoms with van der Waals surface area (Å²) >= 11 is 0. The Morgan fingerprint density at radius 1 is 1.44 bits per heavy atom. The van der Waals surface area contributed by atoms with Crippen LogP contribution in [0.2, 0.25) is 0 Å². The predicted molar refractivity (Wildman–Crippen MR) is 71.3 cm³/mol. The van der Waals surface area contributed by atoms with Gasteiger partial charge in [0, 0.05) is 18.7 Å². The highest BCUT2D eigenvalue weighted by Gasteiger charge is 2.09. The van der Waals surface area contributed by atoms with Crippen LogP contribution >= 0.6 is 0 Å². The molecule has 0 fully saturated rings. The Labute approximate surface area is 107 Å². The molecule has 0 amide bonds. The van der Waals surface area contributed by atoms with Gasteiger partial charge in [-0.25, -0.2) is 4.98 Å². The van der Waals surface area contributed by atoms with Gasteiger partial charge in [0.25, 0.3) is 0 Å². The van der Waals surface area contributed by atoms with Crippen LogP contribution in [0.25, 0.3) is 0 Å². The molecule has 0 aliphatic rings. The van der Waals surface area contributed by atoms with Crippen molar-refractivity contribution in [3.05, 3.63) is 47.5 Å². The zero-order valence-electron chi connectivity index (χ0n) is 11.1. The molecule has 0 radical (unpaired) electrons. The SMILES string of the molecule is Cc1ccc([C@H](C)N)c(OCc2cncn2C)c1. The highest BCUT2D eigenvalue weighted by atomic mass is 16.5. The molecule has 0 unspecified atom stereocenters. The normalized spacial score (nSPS) is 12.4. The third-order valence-corrected chi connectivity index (χ3v) is 2.95. The molecule has 0 aliphatic heterocycles. The second kappa shape index (κ2) is 5.23. The molecular formula is C14H19N3O. The summed E-state index contributed by atoms with van der Waals surface area (Å²) in [6.45, 7) is 4.50. The van der Waals surface area contributed by atoms with Gasteiger partial charge in [-0.3, -0.25) is 0 Å². The second-order valence-corrected chi connectivity index (χ2v) is 4.61. The molecule has 2 rings (SSSR count). The molecule has 18 heavy (non-hydrogen) atoms. The number of hydrogen-bond donors (Lipinski definition) is 1. The number of imidazole rings is 1. The summed E-state index contributed by atoms with van der Waals surface area (Å²) in [4.78, 5) is 4.07. The van der Waals surface area contributed by atoms with Crippen molar-refractivity contribution in [1.29, 1.82) is 0 Å². The highest BCUT2D eigenvalue weighted by Crippen LogP contribution is 2.25. The number of ether oxygens (including phenoxy) is 1. The van der Waals surface area contributed by atoms with E-state index in [2.05, 4.69) is 11.1 Å². The van der Waals surface area contributed by atoms with Crippen molar-refractivity contribution in [1.82, 2.24) is 9.55 Å². The van der Waals surface area contributed by atoms with E-state index in [-0.39, 0.29) is 6.04 Å². The number of rotatable bonds is 4. The Balaban J connectivity index is 2.18. The maximum Gasteiger partial charge on any atom is 0.130 e. The second-order valence-electron chi connectivity index (χ2n) is 4.61. The third-order valence-electron chi connectivity index (χ3n) is 2.95. The van der Waals surface area contributed by atoms with E-state index in [1.165, 1.54) is 5.56 Å². The number of benzene rings is 1. The van der Waals surface area contributed by atoms with E-state index >= 15 is 0 Å². The number of hydrogen-bond acceptors (Lipinski definition) is 3. The molecule has 4 nitrogen and oxygen atoms in total. The molecule has 2 N–H and O–H groups in total. The summed E-state index contributed by atoms with van der Waals surface area (Å²) < 4.78 is 7.81. The lowest BCUT2D eigenvalue weighted by atomic mass is 10.1. The summed E-state index contributed by atoms with van der Waals surface area (Å²) in [7, 11) is 1.95. The van der Waals surface area contributed by atoms with Crippen molar-refractivity contribution in [2.45, 2.75) is 26.5 Å². The minimum Gasteiger partial charge on any atom is -0.487 e. The molecule has 0 aliphatic carbocycles. The number of nitrogens with zero attached hydrogens (tertiary/aromatic N) is 2. The minimum absolute atomic E-state index is 0.0351. The number of aryl methyl sites for hydroxylation is 2. The van der Waals surface area contributed by atoms with E-state index < -0.39 is 0 Å². The van der Waals surface area contributed by atoms with Crippen molar-refractivity contribution in [3.8, 4) is 5.75 Å². The number of aromatic nitrogens is 2. The largest absolute Gasteiger partial charge is 0.487 e. The number of nitrogens with two attached hydrogens (primary N) is 1. The molecule has 0 spiro atoms. The molecule has 1 aromatic carbocycles. The van der Waals surface area contributed by atoms with Crippen LogP contribution in [-0.4, -0.2) is 9.55 Å². The van der Waals surface area contributed by atoms with Crippen LogP contribution in [0.15, 0.2) is 30.7 Å². The third kappa shape index (κ3) is 2.71. The summed E-state index contributed by atoms with van der Waals surface area (Å²) in [5, 5.41) is 0. The van der Waals surface area contributed by atoms with Gasteiger partial charge >= 0.3 is 0 Å². The van der Waals surface area contributed by atoms with Gasteiger partial charge < -0.3 is 15.0 Å². The predicted octanol–water partition coefficient (Wildman–Crippen LogP) is 2.33. The first-order chi connectivity index (χ1) is 8.58. The van der Waals surface area contributed by atoms with Crippen molar-refractivity contribution < 1.29 is 4.74 Å². The molecule has 0 saturated heterocycles. The van der Waals surface area contributed by atoms with Gasteiger partial charge in [-0.15, -0.1) is 0 Å². The lowest BCUT2D eigenvalue weighted by Gasteiger charge is -2.14. The first-order valence-electron chi connectivity index (χ1n) is 6.02. The van der Waals surface area contributed by atoms with Crippen LogP contribution < -0.4 is 10.5 Å². The van der Waals surface area contributed by atoms with Crippen LogP contribution in [0.3, 0.4) is 0 Å². The van der Waals surface area contributed by atoms with Crippen LogP contribution in [0.1, 0.15) is 29.8 Å². The smallest absolute Gasteiger partial charge is 0.130 e. The quantitative estimate of drug-likeness (QED) is 0.899. The average Bonchev–Trinajstić information content (AvgIpc) is 2.72. The summed E-state index contributed by atoms with van der Waals surface area (Å²) in [5.74, 6) is 0.853. The molecule has 0 saturated carbocycles. The van der Waals surface area contributed by atoms with E-state index in [1.807, 2.05) is 37.6 Å². The maximum atomic E-state index is 5.95. The van der Waals surface area contributed by atoms with E-state index in [9.17, 15) is 0 Å². The lowest BCUT2D eigenvalue weighted by molar-refractivity contribution is 0.292. The Bertz CT molecular complexity index is 532. The van der Waals surface area contributed by atoms with Crippen molar-refractivity contribution in [3.63, 3.8) is 0 Å². The van der Waals surface area contributed by atoms with Crippen molar-refractivity contribution in [2.24, 2.45) is 12.8 Å². The molecule has 4 heteroatoms. The minimum atomic E-state index is -0.0351. The van der Waals surface area contributed by atoms with Crippen molar-refractivity contribution >= 4 is 0 Å². The molecular weight excluding hydrogens is 226 g/mol. The van der Waals surface area contributed by atoms with Crippen LogP contribution in [0, 0.1) is 6.92 Å². The van der Waals surface area contributed by atoms with E-state index in [4.69, 9.17) is 10.5 Å². The molecule has 1 atom stereocenters. The topological polar surface area (TPSA) is 53.1 Å². The van der Waals surface area contributed by atoms with Gasteiger partial charge in [0.1, 0.15) is 12.4 Å².